The summed E-state index contributed by atoms with van der Waals surface area (Å²) in [5.74, 6) is -1.92. The number of fused-ring (bicyclic) bond motifs is 2. The highest BCUT2D eigenvalue weighted by atomic mass is 35.5. The van der Waals surface area contributed by atoms with Gasteiger partial charge in [-0.15, -0.1) is 0 Å². The summed E-state index contributed by atoms with van der Waals surface area (Å²) < 4.78 is 38.6. The van der Waals surface area contributed by atoms with E-state index in [0.29, 0.717) is 19.7 Å². The Morgan fingerprint density at radius 2 is 1.71 bits per heavy atom. The second kappa shape index (κ2) is 4.96. The van der Waals surface area contributed by atoms with Gasteiger partial charge in [0, 0.05) is 14.8 Å². The molecule has 1 heterocycles. The summed E-state index contributed by atoms with van der Waals surface area (Å²) in [5.41, 5.74) is 0.407. The zero-order valence-corrected chi connectivity index (χ0v) is 11.9. The maximum atomic E-state index is 12.9. The van der Waals surface area contributed by atoms with Crippen LogP contribution < -0.4 is 4.90 Å². The van der Waals surface area contributed by atoms with Crippen molar-refractivity contribution in [2.45, 2.75) is 16.0 Å². The molecule has 2 aromatic rings. The molecule has 0 saturated heterocycles. The molecule has 0 saturated carbocycles. The van der Waals surface area contributed by atoms with Crippen LogP contribution in [0.1, 0.15) is 0 Å². The van der Waals surface area contributed by atoms with Gasteiger partial charge in [-0.25, -0.2) is 0 Å². The van der Waals surface area contributed by atoms with Crippen molar-refractivity contribution in [1.29, 1.82) is 0 Å². The summed E-state index contributed by atoms with van der Waals surface area (Å²) in [4.78, 5) is 13.6. The van der Waals surface area contributed by atoms with Gasteiger partial charge in [0.2, 0.25) is 0 Å². The van der Waals surface area contributed by atoms with Gasteiger partial charge in [-0.3, -0.25) is 9.69 Å². The van der Waals surface area contributed by atoms with Crippen molar-refractivity contribution < 1.29 is 18.0 Å². The molecule has 7 heteroatoms. The lowest BCUT2D eigenvalue weighted by Gasteiger charge is -2.31. The third-order valence-electron chi connectivity index (χ3n) is 2.93. The maximum Gasteiger partial charge on any atom is 0.472 e. The van der Waals surface area contributed by atoms with Gasteiger partial charge < -0.3 is 0 Å². The number of hydrogen-bond acceptors (Lipinski definition) is 2. The Balaban J connectivity index is 2.21. The number of alkyl halides is 3. The fourth-order valence-electron chi connectivity index (χ4n) is 2.08. The van der Waals surface area contributed by atoms with Crippen molar-refractivity contribution in [3.63, 3.8) is 0 Å². The van der Waals surface area contributed by atoms with Gasteiger partial charge in [-0.05, 0) is 30.3 Å². The lowest BCUT2D eigenvalue weighted by Crippen LogP contribution is -2.39. The van der Waals surface area contributed by atoms with Gasteiger partial charge >= 0.3 is 12.1 Å². The number of rotatable bonds is 0. The van der Waals surface area contributed by atoms with Gasteiger partial charge in [-0.2, -0.15) is 13.2 Å². The molecule has 0 radical (unpaired) electrons. The number of nitrogens with zero attached hydrogens (tertiary/aromatic N) is 1. The highest BCUT2D eigenvalue weighted by Gasteiger charge is 2.45. The van der Waals surface area contributed by atoms with Crippen LogP contribution >= 0.6 is 23.4 Å². The van der Waals surface area contributed by atoms with Crippen LogP contribution in [0.4, 0.5) is 24.5 Å². The zero-order valence-electron chi connectivity index (χ0n) is 10.3. The van der Waals surface area contributed by atoms with Crippen molar-refractivity contribution >= 4 is 40.6 Å². The van der Waals surface area contributed by atoms with E-state index in [1.165, 1.54) is 30.0 Å². The summed E-state index contributed by atoms with van der Waals surface area (Å²) in [6, 6.07) is 10.9. The third kappa shape index (κ3) is 2.49. The normalized spacial score (nSPS) is 13.6. The van der Waals surface area contributed by atoms with Crippen molar-refractivity contribution in [1.82, 2.24) is 0 Å². The standard InChI is InChI=1S/C14H7ClF3NOS/c15-8-5-6-10-12(7-8)21-11-4-2-1-3-9(11)19(10)13(20)14(16,17)18/h1-7H. The second-order valence-electron chi connectivity index (χ2n) is 4.32. The van der Waals surface area contributed by atoms with Crippen molar-refractivity contribution in [2.75, 3.05) is 4.90 Å². The molecule has 21 heavy (non-hydrogen) atoms. The lowest BCUT2D eigenvalue weighted by atomic mass is 10.2. The smallest absolute Gasteiger partial charge is 0.271 e. The molecular formula is C14H7ClF3NOS. The topological polar surface area (TPSA) is 20.3 Å². The number of para-hydroxylation sites is 1. The van der Waals surface area contributed by atoms with Crippen LogP contribution in [0.5, 0.6) is 0 Å². The molecule has 3 rings (SSSR count). The van der Waals surface area contributed by atoms with Crippen LogP contribution in [0.15, 0.2) is 52.3 Å². The zero-order chi connectivity index (χ0) is 15.2. The third-order valence-corrected chi connectivity index (χ3v) is 4.28. The van der Waals surface area contributed by atoms with E-state index >= 15 is 0 Å². The fourth-order valence-corrected chi connectivity index (χ4v) is 3.41. The molecule has 0 unspecified atom stereocenters. The number of anilines is 2. The highest BCUT2D eigenvalue weighted by Crippen LogP contribution is 2.49. The fraction of sp³-hybridized carbons (Fsp3) is 0.0714. The molecule has 2 aromatic carbocycles. The Kier molecular flexibility index (Phi) is 3.37. The lowest BCUT2D eigenvalue weighted by molar-refractivity contribution is -0.169. The molecule has 0 spiro atoms. The van der Waals surface area contributed by atoms with Gasteiger partial charge in [-0.1, -0.05) is 35.5 Å². The molecule has 0 fully saturated rings. The summed E-state index contributed by atoms with van der Waals surface area (Å²) in [6.45, 7) is 0. The number of halogens is 4. The summed E-state index contributed by atoms with van der Waals surface area (Å²) in [5, 5.41) is 0.403. The first kappa shape index (κ1) is 14.3. The first-order valence-corrected chi connectivity index (χ1v) is 7.05. The molecule has 0 atom stereocenters. The summed E-state index contributed by atoms with van der Waals surface area (Å²) in [6.07, 6.45) is -4.95. The van der Waals surface area contributed by atoms with Gasteiger partial charge in [0.1, 0.15) is 0 Å². The first-order valence-electron chi connectivity index (χ1n) is 5.85. The minimum atomic E-state index is -4.95. The summed E-state index contributed by atoms with van der Waals surface area (Å²) >= 11 is 7.16. The number of carbonyl (C=O) groups excluding carboxylic acids is 1. The number of hydrogen-bond donors (Lipinski definition) is 0. The average Bonchev–Trinajstić information content (AvgIpc) is 2.42. The van der Waals surface area contributed by atoms with E-state index in [-0.39, 0.29) is 11.4 Å². The molecular weight excluding hydrogens is 323 g/mol. The minimum absolute atomic E-state index is 0.186. The van der Waals surface area contributed by atoms with Crippen LogP contribution in [-0.2, 0) is 4.79 Å². The van der Waals surface area contributed by atoms with Gasteiger partial charge in [0.05, 0.1) is 11.4 Å². The SMILES string of the molecule is O=C(N1c2ccccc2Sc2cc(Cl)ccc21)C(F)(F)F. The van der Waals surface area contributed by atoms with E-state index in [1.807, 2.05) is 0 Å². The van der Waals surface area contributed by atoms with E-state index in [0.717, 1.165) is 0 Å². The predicted molar refractivity (Wildman–Crippen MR) is 75.2 cm³/mol. The van der Waals surface area contributed by atoms with E-state index < -0.39 is 12.1 Å². The Bertz CT molecular complexity index is 732. The first-order chi connectivity index (χ1) is 9.88. The quantitative estimate of drug-likeness (QED) is 0.675. The number of carbonyl (C=O) groups is 1. The summed E-state index contributed by atoms with van der Waals surface area (Å²) in [7, 11) is 0. The monoisotopic (exact) mass is 329 g/mol. The Morgan fingerprint density at radius 3 is 2.43 bits per heavy atom. The van der Waals surface area contributed by atoms with E-state index in [4.69, 9.17) is 11.6 Å². The number of amides is 1. The largest absolute Gasteiger partial charge is 0.472 e. The Morgan fingerprint density at radius 1 is 1.05 bits per heavy atom. The van der Waals surface area contributed by atoms with Crippen molar-refractivity contribution in [2.24, 2.45) is 0 Å². The van der Waals surface area contributed by atoms with Gasteiger partial charge in [0.25, 0.3) is 0 Å². The minimum Gasteiger partial charge on any atom is -0.271 e. The van der Waals surface area contributed by atoms with Crippen molar-refractivity contribution in [3.8, 4) is 0 Å². The van der Waals surface area contributed by atoms with E-state index in [9.17, 15) is 18.0 Å². The molecule has 1 aliphatic rings. The molecule has 108 valence electrons. The Labute approximate surface area is 127 Å². The maximum absolute atomic E-state index is 12.9. The van der Waals surface area contributed by atoms with Crippen LogP contribution in [0.3, 0.4) is 0 Å². The predicted octanol–water partition coefficient (Wildman–Crippen LogP) is 5.03. The van der Waals surface area contributed by atoms with Crippen LogP contribution in [0.25, 0.3) is 0 Å². The molecule has 1 aliphatic heterocycles. The van der Waals surface area contributed by atoms with E-state index in [1.54, 1.807) is 24.3 Å². The van der Waals surface area contributed by atoms with Crippen LogP contribution in [0.2, 0.25) is 5.02 Å². The molecule has 0 aromatic heterocycles. The van der Waals surface area contributed by atoms with Crippen LogP contribution in [-0.4, -0.2) is 12.1 Å². The molecule has 0 N–H and O–H groups in total. The van der Waals surface area contributed by atoms with Crippen molar-refractivity contribution in [3.05, 3.63) is 47.5 Å². The van der Waals surface area contributed by atoms with Gasteiger partial charge in [0.15, 0.2) is 0 Å². The molecule has 2 nitrogen and oxygen atoms in total. The second-order valence-corrected chi connectivity index (χ2v) is 5.84. The highest BCUT2D eigenvalue weighted by molar-refractivity contribution is 7.99. The van der Waals surface area contributed by atoms with E-state index in [2.05, 4.69) is 0 Å². The average molecular weight is 330 g/mol. The van der Waals surface area contributed by atoms with Crippen LogP contribution in [0, 0.1) is 0 Å². The Hall–Kier alpha value is -1.66. The molecule has 1 amide bonds. The molecule has 0 aliphatic carbocycles. The number of benzene rings is 2. The molecule has 0 bridgehead atoms.